The third-order valence-corrected chi connectivity index (χ3v) is 4.25. The number of ether oxygens (including phenoxy) is 1. The zero-order valence-corrected chi connectivity index (χ0v) is 15.4. The Morgan fingerprint density at radius 3 is 2.52 bits per heavy atom. The van der Waals surface area contributed by atoms with Gasteiger partial charge < -0.3 is 15.8 Å². The van der Waals surface area contributed by atoms with Crippen molar-refractivity contribution in [2.24, 2.45) is 5.73 Å². The zero-order chi connectivity index (χ0) is 18.4. The maximum absolute atomic E-state index is 11.9. The number of alkyl carbamates (subject to hydrolysis) is 1. The van der Waals surface area contributed by atoms with Crippen LogP contribution in [0.15, 0.2) is 24.3 Å². The fourth-order valence-corrected chi connectivity index (χ4v) is 3.02. The van der Waals surface area contributed by atoms with Crippen LogP contribution in [-0.4, -0.2) is 41.6 Å². The van der Waals surface area contributed by atoms with Crippen molar-refractivity contribution >= 4 is 12.0 Å². The first kappa shape index (κ1) is 19.2. The zero-order valence-electron chi connectivity index (χ0n) is 15.4. The SMILES string of the molecule is CC(C)(C)OC(=O)NC[C@H]1CCCCN1Cc1ccc(C(N)=O)cc1. The van der Waals surface area contributed by atoms with E-state index in [1.807, 2.05) is 32.9 Å². The van der Waals surface area contributed by atoms with Crippen molar-refractivity contribution in [2.75, 3.05) is 13.1 Å². The van der Waals surface area contributed by atoms with Crippen LogP contribution in [0, 0.1) is 0 Å². The average Bonchev–Trinajstić information content (AvgIpc) is 2.53. The lowest BCUT2D eigenvalue weighted by Crippen LogP contribution is -2.47. The fraction of sp³-hybridized carbons (Fsp3) is 0.579. The number of rotatable bonds is 5. The number of likely N-dealkylation sites (tertiary alicyclic amines) is 1. The molecule has 25 heavy (non-hydrogen) atoms. The number of hydrogen-bond acceptors (Lipinski definition) is 4. The average molecular weight is 347 g/mol. The predicted molar refractivity (Wildman–Crippen MR) is 97.2 cm³/mol. The lowest BCUT2D eigenvalue weighted by Gasteiger charge is -2.36. The van der Waals surface area contributed by atoms with E-state index >= 15 is 0 Å². The molecule has 0 unspecified atom stereocenters. The van der Waals surface area contributed by atoms with Gasteiger partial charge in [-0.25, -0.2) is 4.79 Å². The van der Waals surface area contributed by atoms with E-state index in [9.17, 15) is 9.59 Å². The highest BCUT2D eigenvalue weighted by molar-refractivity contribution is 5.92. The summed E-state index contributed by atoms with van der Waals surface area (Å²) in [7, 11) is 0. The molecule has 1 saturated heterocycles. The van der Waals surface area contributed by atoms with Crippen molar-refractivity contribution in [1.29, 1.82) is 0 Å². The Kier molecular flexibility index (Phi) is 6.42. The minimum atomic E-state index is -0.488. The van der Waals surface area contributed by atoms with Crippen molar-refractivity contribution in [1.82, 2.24) is 10.2 Å². The Morgan fingerprint density at radius 2 is 1.92 bits per heavy atom. The van der Waals surface area contributed by atoms with Gasteiger partial charge in [-0.05, 0) is 57.9 Å². The fourth-order valence-electron chi connectivity index (χ4n) is 3.02. The van der Waals surface area contributed by atoms with Crippen molar-refractivity contribution in [3.63, 3.8) is 0 Å². The summed E-state index contributed by atoms with van der Waals surface area (Å²) in [6.45, 7) is 7.94. The van der Waals surface area contributed by atoms with Gasteiger partial charge in [-0.3, -0.25) is 9.69 Å². The van der Waals surface area contributed by atoms with Gasteiger partial charge in [-0.15, -0.1) is 0 Å². The van der Waals surface area contributed by atoms with Crippen LogP contribution >= 0.6 is 0 Å². The Labute approximate surface area is 149 Å². The molecule has 6 heteroatoms. The number of benzene rings is 1. The van der Waals surface area contributed by atoms with Crippen LogP contribution in [0.3, 0.4) is 0 Å². The van der Waals surface area contributed by atoms with Crippen LogP contribution in [0.4, 0.5) is 4.79 Å². The van der Waals surface area contributed by atoms with Crippen molar-refractivity contribution in [3.05, 3.63) is 35.4 Å². The van der Waals surface area contributed by atoms with E-state index in [4.69, 9.17) is 10.5 Å². The summed E-state index contributed by atoms with van der Waals surface area (Å²) >= 11 is 0. The molecule has 1 aromatic carbocycles. The van der Waals surface area contributed by atoms with Crippen LogP contribution in [0.25, 0.3) is 0 Å². The summed E-state index contributed by atoms with van der Waals surface area (Å²) < 4.78 is 5.31. The van der Waals surface area contributed by atoms with E-state index in [-0.39, 0.29) is 12.1 Å². The van der Waals surface area contributed by atoms with Gasteiger partial charge in [0.25, 0.3) is 0 Å². The largest absolute Gasteiger partial charge is 0.444 e. The molecule has 1 heterocycles. The molecule has 0 aliphatic carbocycles. The highest BCUT2D eigenvalue weighted by Gasteiger charge is 2.24. The molecule has 1 aliphatic heterocycles. The molecule has 1 fully saturated rings. The van der Waals surface area contributed by atoms with Crippen molar-refractivity contribution < 1.29 is 14.3 Å². The van der Waals surface area contributed by atoms with Gasteiger partial charge in [0.1, 0.15) is 5.60 Å². The number of carbonyl (C=O) groups is 2. The number of primary amides is 1. The second kappa shape index (κ2) is 8.34. The third-order valence-electron chi connectivity index (χ3n) is 4.25. The van der Waals surface area contributed by atoms with Gasteiger partial charge in [0, 0.05) is 24.7 Å². The maximum Gasteiger partial charge on any atom is 0.407 e. The van der Waals surface area contributed by atoms with Gasteiger partial charge in [-0.2, -0.15) is 0 Å². The topological polar surface area (TPSA) is 84.7 Å². The summed E-state index contributed by atoms with van der Waals surface area (Å²) in [6, 6.07) is 7.68. The van der Waals surface area contributed by atoms with Crippen LogP contribution in [0.5, 0.6) is 0 Å². The lowest BCUT2D eigenvalue weighted by atomic mass is 10.0. The molecular formula is C19H29N3O3. The molecule has 2 amide bonds. The Hall–Kier alpha value is -2.08. The third kappa shape index (κ3) is 6.38. The minimum absolute atomic E-state index is 0.289. The maximum atomic E-state index is 11.9. The Bertz CT molecular complexity index is 593. The Balaban J connectivity index is 1.91. The highest BCUT2D eigenvalue weighted by Crippen LogP contribution is 2.20. The summed E-state index contributed by atoms with van der Waals surface area (Å²) in [5.74, 6) is -0.413. The van der Waals surface area contributed by atoms with E-state index in [0.29, 0.717) is 12.1 Å². The molecule has 6 nitrogen and oxygen atoms in total. The minimum Gasteiger partial charge on any atom is -0.444 e. The number of carbonyl (C=O) groups excluding carboxylic acids is 2. The number of nitrogens with two attached hydrogens (primary N) is 1. The summed E-state index contributed by atoms with van der Waals surface area (Å²) in [6.07, 6.45) is 3.00. The van der Waals surface area contributed by atoms with Gasteiger partial charge in [0.15, 0.2) is 0 Å². The van der Waals surface area contributed by atoms with Crippen molar-refractivity contribution in [3.8, 4) is 0 Å². The summed E-state index contributed by atoms with van der Waals surface area (Å²) in [5.41, 5.74) is 6.45. The van der Waals surface area contributed by atoms with Crippen LogP contribution in [-0.2, 0) is 11.3 Å². The first-order valence-corrected chi connectivity index (χ1v) is 8.84. The second-order valence-corrected chi connectivity index (χ2v) is 7.56. The predicted octanol–water partition coefficient (Wildman–Crippen LogP) is 2.66. The Morgan fingerprint density at radius 1 is 1.24 bits per heavy atom. The van der Waals surface area contributed by atoms with E-state index in [2.05, 4.69) is 10.2 Å². The molecule has 0 spiro atoms. The quantitative estimate of drug-likeness (QED) is 0.857. The monoisotopic (exact) mass is 347 g/mol. The molecule has 1 aliphatic rings. The smallest absolute Gasteiger partial charge is 0.407 e. The molecular weight excluding hydrogens is 318 g/mol. The molecule has 3 N–H and O–H groups in total. The van der Waals surface area contributed by atoms with E-state index < -0.39 is 11.5 Å². The molecule has 1 aromatic rings. The first-order chi connectivity index (χ1) is 11.7. The van der Waals surface area contributed by atoms with Gasteiger partial charge in [0.2, 0.25) is 5.91 Å². The normalized spacial score (nSPS) is 18.6. The highest BCUT2D eigenvalue weighted by atomic mass is 16.6. The van der Waals surface area contributed by atoms with E-state index in [0.717, 1.165) is 37.9 Å². The number of amides is 2. The van der Waals surface area contributed by atoms with Gasteiger partial charge in [-0.1, -0.05) is 18.6 Å². The molecule has 2 rings (SSSR count). The van der Waals surface area contributed by atoms with Gasteiger partial charge in [0.05, 0.1) is 0 Å². The lowest BCUT2D eigenvalue weighted by molar-refractivity contribution is 0.0492. The number of hydrogen-bond donors (Lipinski definition) is 2. The van der Waals surface area contributed by atoms with E-state index in [1.165, 1.54) is 0 Å². The van der Waals surface area contributed by atoms with Crippen molar-refractivity contribution in [2.45, 2.75) is 58.2 Å². The summed E-state index contributed by atoms with van der Waals surface area (Å²) in [5, 5.41) is 2.88. The summed E-state index contributed by atoms with van der Waals surface area (Å²) in [4.78, 5) is 25.4. The molecule has 0 aromatic heterocycles. The molecule has 0 radical (unpaired) electrons. The number of nitrogens with zero attached hydrogens (tertiary/aromatic N) is 1. The van der Waals surface area contributed by atoms with Crippen LogP contribution in [0.2, 0.25) is 0 Å². The molecule has 1 atom stereocenters. The van der Waals surface area contributed by atoms with Crippen LogP contribution < -0.4 is 11.1 Å². The first-order valence-electron chi connectivity index (χ1n) is 8.84. The van der Waals surface area contributed by atoms with Crippen LogP contribution in [0.1, 0.15) is 56.0 Å². The molecule has 0 bridgehead atoms. The van der Waals surface area contributed by atoms with Gasteiger partial charge >= 0.3 is 6.09 Å². The molecule has 138 valence electrons. The van der Waals surface area contributed by atoms with E-state index in [1.54, 1.807) is 12.1 Å². The number of nitrogens with one attached hydrogen (secondary N) is 1. The number of piperidine rings is 1. The standard InChI is InChI=1S/C19H29N3O3/c1-19(2,3)25-18(24)21-12-16-6-4-5-11-22(16)13-14-7-9-15(10-8-14)17(20)23/h7-10,16H,4-6,11-13H2,1-3H3,(H2,20,23)(H,21,24)/t16-/m1/s1. The molecule has 0 saturated carbocycles. The second-order valence-electron chi connectivity index (χ2n) is 7.56.